The van der Waals surface area contributed by atoms with Gasteiger partial charge in [0.05, 0.1) is 0 Å². The second-order valence-electron chi connectivity index (χ2n) is 6.40. The van der Waals surface area contributed by atoms with E-state index in [1.165, 1.54) is 18.2 Å². The minimum atomic E-state index is -0.572. The molecule has 0 aliphatic heterocycles. The molecule has 1 amide bonds. The van der Waals surface area contributed by atoms with Gasteiger partial charge in [0.2, 0.25) is 5.91 Å². The molecule has 0 bridgehead atoms. The number of aromatic nitrogens is 2. The van der Waals surface area contributed by atoms with Crippen LogP contribution in [0.2, 0.25) is 0 Å². The van der Waals surface area contributed by atoms with Crippen LogP contribution in [0.3, 0.4) is 0 Å². The Morgan fingerprint density at radius 3 is 2.76 bits per heavy atom. The van der Waals surface area contributed by atoms with E-state index < -0.39 is 6.04 Å². The zero-order valence-electron chi connectivity index (χ0n) is 16.1. The lowest BCUT2D eigenvalue weighted by molar-refractivity contribution is -0.117. The fourth-order valence-electron chi connectivity index (χ4n) is 2.83. The van der Waals surface area contributed by atoms with E-state index in [9.17, 15) is 9.18 Å². The molecular formula is C23H22FN3O2. The van der Waals surface area contributed by atoms with E-state index in [2.05, 4.69) is 16.9 Å². The van der Waals surface area contributed by atoms with Gasteiger partial charge in [-0.3, -0.25) is 4.79 Å². The summed E-state index contributed by atoms with van der Waals surface area (Å²) in [6.45, 7) is 4.05. The van der Waals surface area contributed by atoms with Gasteiger partial charge in [-0.05, 0) is 41.5 Å². The normalized spacial score (nSPS) is 11.9. The third kappa shape index (κ3) is 5.42. The van der Waals surface area contributed by atoms with Crippen LogP contribution < -0.4 is 10.1 Å². The molecule has 0 fully saturated rings. The number of rotatable bonds is 8. The number of benzene rings is 2. The fourth-order valence-corrected chi connectivity index (χ4v) is 2.83. The Kier molecular flexibility index (Phi) is 6.58. The van der Waals surface area contributed by atoms with Gasteiger partial charge in [-0.1, -0.05) is 36.9 Å². The number of amides is 1. The average Bonchev–Trinajstić information content (AvgIpc) is 3.15. The molecule has 3 rings (SSSR count). The summed E-state index contributed by atoms with van der Waals surface area (Å²) in [7, 11) is 1.83. The third-order valence-electron chi connectivity index (χ3n) is 4.26. The number of hydrogen-bond donors (Lipinski definition) is 1. The lowest BCUT2D eigenvalue weighted by Crippen LogP contribution is -2.29. The number of carbonyl (C=O) groups excluding carboxylic acids is 1. The summed E-state index contributed by atoms with van der Waals surface area (Å²) in [5, 5.41) is 2.90. The zero-order valence-corrected chi connectivity index (χ0v) is 16.1. The molecule has 0 aliphatic carbocycles. The van der Waals surface area contributed by atoms with Gasteiger partial charge in [0.25, 0.3) is 0 Å². The maximum absolute atomic E-state index is 13.7. The molecule has 0 radical (unpaired) electrons. The van der Waals surface area contributed by atoms with E-state index in [1.54, 1.807) is 41.2 Å². The van der Waals surface area contributed by atoms with Crippen molar-refractivity contribution in [2.45, 2.75) is 6.04 Å². The van der Waals surface area contributed by atoms with Crippen molar-refractivity contribution in [3.8, 4) is 5.75 Å². The monoisotopic (exact) mass is 391 g/mol. The third-order valence-corrected chi connectivity index (χ3v) is 4.26. The predicted octanol–water partition coefficient (Wildman–Crippen LogP) is 4.04. The Bertz CT molecular complexity index is 1010. The van der Waals surface area contributed by atoms with E-state index in [0.717, 1.165) is 11.3 Å². The minimum absolute atomic E-state index is 0.311. The van der Waals surface area contributed by atoms with Crippen LogP contribution in [0.15, 0.2) is 79.7 Å². The molecule has 0 aliphatic rings. The first-order valence-electron chi connectivity index (χ1n) is 9.12. The highest BCUT2D eigenvalue weighted by Crippen LogP contribution is 2.21. The van der Waals surface area contributed by atoms with Crippen molar-refractivity contribution >= 4 is 12.0 Å². The summed E-state index contributed by atoms with van der Waals surface area (Å²) in [6, 6.07) is 12.9. The van der Waals surface area contributed by atoms with Gasteiger partial charge in [-0.15, -0.1) is 0 Å². The van der Waals surface area contributed by atoms with Crippen molar-refractivity contribution in [2.75, 3.05) is 6.61 Å². The van der Waals surface area contributed by atoms with Crippen LogP contribution in [0.4, 0.5) is 4.39 Å². The van der Waals surface area contributed by atoms with Gasteiger partial charge < -0.3 is 14.6 Å². The van der Waals surface area contributed by atoms with Crippen LogP contribution in [0, 0.1) is 5.82 Å². The van der Waals surface area contributed by atoms with Gasteiger partial charge in [0.15, 0.2) is 0 Å². The van der Waals surface area contributed by atoms with Gasteiger partial charge in [0.1, 0.15) is 30.0 Å². The van der Waals surface area contributed by atoms with Crippen molar-refractivity contribution < 1.29 is 13.9 Å². The van der Waals surface area contributed by atoms with E-state index in [4.69, 9.17) is 4.74 Å². The molecule has 1 aromatic heterocycles. The molecule has 0 spiro atoms. The Balaban J connectivity index is 1.74. The van der Waals surface area contributed by atoms with Crippen LogP contribution in [0.25, 0.3) is 6.08 Å². The SMILES string of the molecule is C=CCOc1ccc(/C=C/C(=O)NC(c2cccc(F)c2)c2nccn2C)cc1. The number of ether oxygens (including phenoxy) is 1. The topological polar surface area (TPSA) is 56.1 Å². The molecule has 29 heavy (non-hydrogen) atoms. The van der Waals surface area contributed by atoms with Crippen LogP contribution >= 0.6 is 0 Å². The van der Waals surface area contributed by atoms with Gasteiger partial charge in [-0.2, -0.15) is 0 Å². The molecule has 0 saturated heterocycles. The van der Waals surface area contributed by atoms with E-state index in [-0.39, 0.29) is 11.7 Å². The molecule has 6 heteroatoms. The lowest BCUT2D eigenvalue weighted by Gasteiger charge is -2.18. The molecule has 1 heterocycles. The molecule has 5 nitrogen and oxygen atoms in total. The number of aryl methyl sites for hydroxylation is 1. The summed E-state index contributed by atoms with van der Waals surface area (Å²) in [4.78, 5) is 16.8. The summed E-state index contributed by atoms with van der Waals surface area (Å²) in [6.07, 6.45) is 8.23. The first-order valence-corrected chi connectivity index (χ1v) is 9.12. The van der Waals surface area contributed by atoms with Crippen molar-refractivity contribution in [2.24, 2.45) is 7.05 Å². The van der Waals surface area contributed by atoms with Gasteiger partial charge in [0, 0.05) is 25.5 Å². The summed E-state index contributed by atoms with van der Waals surface area (Å²) in [5.41, 5.74) is 1.47. The Morgan fingerprint density at radius 2 is 2.10 bits per heavy atom. The number of nitrogens with one attached hydrogen (secondary N) is 1. The van der Waals surface area contributed by atoms with Crippen LogP contribution in [0.5, 0.6) is 5.75 Å². The summed E-state index contributed by atoms with van der Waals surface area (Å²) >= 11 is 0. The molecule has 1 atom stereocenters. The average molecular weight is 391 g/mol. The van der Waals surface area contributed by atoms with E-state index >= 15 is 0 Å². The van der Waals surface area contributed by atoms with Crippen molar-refractivity contribution in [3.63, 3.8) is 0 Å². The van der Waals surface area contributed by atoms with Gasteiger partial charge in [-0.25, -0.2) is 9.37 Å². The molecule has 1 unspecified atom stereocenters. The molecule has 148 valence electrons. The van der Waals surface area contributed by atoms with E-state index in [0.29, 0.717) is 18.0 Å². The number of imidazole rings is 1. The fraction of sp³-hybridized carbons (Fsp3) is 0.130. The highest BCUT2D eigenvalue weighted by Gasteiger charge is 2.20. The highest BCUT2D eigenvalue weighted by atomic mass is 19.1. The Morgan fingerprint density at radius 1 is 1.31 bits per heavy atom. The quantitative estimate of drug-likeness (QED) is 0.466. The maximum atomic E-state index is 13.7. The molecule has 2 aromatic carbocycles. The molecule has 3 aromatic rings. The number of nitrogens with zero attached hydrogens (tertiary/aromatic N) is 2. The number of halogens is 1. The largest absolute Gasteiger partial charge is 0.490 e. The highest BCUT2D eigenvalue weighted by molar-refractivity contribution is 5.92. The molecule has 0 saturated carbocycles. The maximum Gasteiger partial charge on any atom is 0.244 e. The second-order valence-corrected chi connectivity index (χ2v) is 6.40. The Hall–Kier alpha value is -3.67. The Labute approximate surface area is 169 Å². The van der Waals surface area contributed by atoms with Gasteiger partial charge >= 0.3 is 0 Å². The van der Waals surface area contributed by atoms with Crippen molar-refractivity contribution in [3.05, 3.63) is 102 Å². The predicted molar refractivity (Wildman–Crippen MR) is 111 cm³/mol. The van der Waals surface area contributed by atoms with Crippen LogP contribution in [-0.2, 0) is 11.8 Å². The lowest BCUT2D eigenvalue weighted by atomic mass is 10.1. The first kappa shape index (κ1) is 20.1. The van der Waals surface area contributed by atoms with Crippen LogP contribution in [0.1, 0.15) is 23.0 Å². The zero-order chi connectivity index (χ0) is 20.6. The van der Waals surface area contributed by atoms with Crippen molar-refractivity contribution in [1.29, 1.82) is 0 Å². The number of hydrogen-bond acceptors (Lipinski definition) is 3. The minimum Gasteiger partial charge on any atom is -0.490 e. The van der Waals surface area contributed by atoms with Crippen LogP contribution in [-0.4, -0.2) is 22.1 Å². The molecular weight excluding hydrogens is 369 g/mol. The smallest absolute Gasteiger partial charge is 0.244 e. The molecule has 1 N–H and O–H groups in total. The summed E-state index contributed by atoms with van der Waals surface area (Å²) in [5.74, 6) is 0.660. The second kappa shape index (κ2) is 9.50. The van der Waals surface area contributed by atoms with Crippen molar-refractivity contribution in [1.82, 2.24) is 14.9 Å². The standard InChI is InChI=1S/C23H22FN3O2/c1-3-15-29-20-10-7-17(8-11-20)9-12-21(28)26-22(23-25-13-14-27(23)2)18-5-4-6-19(24)16-18/h3-14,16,22H,1,15H2,2H3,(H,26,28)/b12-9+. The first-order chi connectivity index (χ1) is 14.1. The summed E-state index contributed by atoms with van der Waals surface area (Å²) < 4.78 is 20.9. The number of carbonyl (C=O) groups is 1. The van der Waals surface area contributed by atoms with E-state index in [1.807, 2.05) is 31.3 Å².